The van der Waals surface area contributed by atoms with E-state index in [1.165, 1.54) is 10.6 Å². The summed E-state index contributed by atoms with van der Waals surface area (Å²) in [6, 6.07) is 14.9. The molecule has 2 heterocycles. The minimum Gasteiger partial charge on any atom is -0.334 e. The average molecular weight is 421 g/mol. The van der Waals surface area contributed by atoms with Gasteiger partial charge in [0.15, 0.2) is 5.65 Å². The van der Waals surface area contributed by atoms with Crippen molar-refractivity contribution in [3.8, 4) is 0 Å². The van der Waals surface area contributed by atoms with Gasteiger partial charge in [0.25, 0.3) is 5.56 Å². The first kappa shape index (κ1) is 20.7. The summed E-state index contributed by atoms with van der Waals surface area (Å²) in [5.41, 5.74) is 6.86. The summed E-state index contributed by atoms with van der Waals surface area (Å²) in [4.78, 5) is 33.9. The molecule has 1 atom stereocenters. The van der Waals surface area contributed by atoms with Crippen LogP contribution in [0.3, 0.4) is 0 Å². The number of aromatic nitrogens is 4. The van der Waals surface area contributed by atoms with Crippen LogP contribution in [-0.4, -0.2) is 19.1 Å². The van der Waals surface area contributed by atoms with Gasteiger partial charge in [0.05, 0.1) is 12.6 Å². The van der Waals surface area contributed by atoms with Gasteiger partial charge in [-0.2, -0.15) is 0 Å². The number of nitrogens with one attached hydrogen (secondary N) is 1. The van der Waals surface area contributed by atoms with Crippen molar-refractivity contribution in [2.24, 2.45) is 5.73 Å². The van der Waals surface area contributed by atoms with Crippen LogP contribution in [0.5, 0.6) is 0 Å². The highest BCUT2D eigenvalue weighted by molar-refractivity contribution is 5.70. The van der Waals surface area contributed by atoms with Crippen molar-refractivity contribution in [3.63, 3.8) is 0 Å². The maximum atomic E-state index is 14.2. The first-order valence-electron chi connectivity index (χ1n) is 10.3. The minimum absolute atomic E-state index is 0.161. The highest BCUT2D eigenvalue weighted by atomic mass is 19.1. The fraction of sp³-hybridized carbons (Fsp3) is 0.261. The Morgan fingerprint density at radius 2 is 1.77 bits per heavy atom. The molecular weight excluding hydrogens is 397 g/mol. The van der Waals surface area contributed by atoms with Gasteiger partial charge in [-0.15, -0.1) is 0 Å². The van der Waals surface area contributed by atoms with E-state index in [-0.39, 0.29) is 23.3 Å². The van der Waals surface area contributed by atoms with E-state index in [4.69, 9.17) is 5.73 Å². The molecule has 31 heavy (non-hydrogen) atoms. The number of hydrogen-bond acceptors (Lipinski definition) is 4. The first-order chi connectivity index (χ1) is 15.0. The maximum absolute atomic E-state index is 14.2. The zero-order chi connectivity index (χ0) is 22.0. The van der Waals surface area contributed by atoms with Crippen molar-refractivity contribution < 1.29 is 4.39 Å². The number of aryl methyl sites for hydroxylation is 1. The number of nitrogens with two attached hydrogens (primary N) is 1. The molecule has 7 nitrogen and oxygen atoms in total. The lowest BCUT2D eigenvalue weighted by Gasteiger charge is -2.11. The van der Waals surface area contributed by atoms with E-state index in [2.05, 4.69) is 9.97 Å². The van der Waals surface area contributed by atoms with Crippen molar-refractivity contribution in [3.05, 3.63) is 98.2 Å². The molecule has 1 unspecified atom stereocenters. The van der Waals surface area contributed by atoms with Crippen LogP contribution >= 0.6 is 0 Å². The molecule has 4 rings (SSSR count). The highest BCUT2D eigenvalue weighted by Crippen LogP contribution is 2.19. The summed E-state index contributed by atoms with van der Waals surface area (Å²) >= 11 is 0. The topological polar surface area (TPSA) is 98.7 Å². The summed E-state index contributed by atoms with van der Waals surface area (Å²) < 4.78 is 16.7. The van der Waals surface area contributed by atoms with Crippen LogP contribution in [0.1, 0.15) is 42.8 Å². The first-order valence-corrected chi connectivity index (χ1v) is 10.3. The third-order valence-corrected chi connectivity index (χ3v) is 5.35. The maximum Gasteiger partial charge on any atom is 0.333 e. The Kier molecular flexibility index (Phi) is 5.81. The molecule has 160 valence electrons. The summed E-state index contributed by atoms with van der Waals surface area (Å²) in [5.74, 6) is -0.0722. The third-order valence-electron chi connectivity index (χ3n) is 5.35. The van der Waals surface area contributed by atoms with E-state index in [9.17, 15) is 14.0 Å². The van der Waals surface area contributed by atoms with Gasteiger partial charge >= 0.3 is 5.69 Å². The van der Waals surface area contributed by atoms with Crippen LogP contribution < -0.4 is 17.0 Å². The Morgan fingerprint density at radius 1 is 1.06 bits per heavy atom. The Morgan fingerprint density at radius 3 is 2.48 bits per heavy atom. The molecule has 0 amide bonds. The van der Waals surface area contributed by atoms with E-state index in [0.29, 0.717) is 12.4 Å². The molecule has 2 aromatic carbocycles. The molecule has 8 heteroatoms. The molecule has 0 saturated heterocycles. The normalized spacial score (nSPS) is 12.4. The summed E-state index contributed by atoms with van der Waals surface area (Å²) in [6.07, 6.45) is 1.60. The van der Waals surface area contributed by atoms with Gasteiger partial charge in [-0.05, 0) is 18.1 Å². The minimum atomic E-state index is -0.581. The van der Waals surface area contributed by atoms with Gasteiger partial charge in [-0.3, -0.25) is 13.9 Å². The monoisotopic (exact) mass is 421 g/mol. The molecule has 0 saturated carbocycles. The molecule has 0 aliphatic heterocycles. The number of rotatable bonds is 7. The Balaban J connectivity index is 1.88. The average Bonchev–Trinajstić information content (AvgIpc) is 3.23. The molecule has 3 N–H and O–H groups in total. The van der Waals surface area contributed by atoms with E-state index >= 15 is 0 Å². The van der Waals surface area contributed by atoms with Crippen LogP contribution in [0.2, 0.25) is 0 Å². The molecule has 0 aliphatic rings. The number of aromatic amines is 1. The van der Waals surface area contributed by atoms with E-state index < -0.39 is 23.1 Å². The zero-order valence-electron chi connectivity index (χ0n) is 17.2. The summed E-state index contributed by atoms with van der Waals surface area (Å²) in [6.45, 7) is 2.25. The fourth-order valence-corrected chi connectivity index (χ4v) is 3.60. The van der Waals surface area contributed by atoms with Crippen LogP contribution in [0.25, 0.3) is 11.2 Å². The third kappa shape index (κ3) is 3.94. The number of benzene rings is 2. The Labute approximate surface area is 178 Å². The number of nitrogens with zero attached hydrogens (tertiary/aromatic N) is 3. The smallest absolute Gasteiger partial charge is 0.333 e. The number of fused-ring (bicyclic) bond motifs is 1. The number of imidazole rings is 1. The van der Waals surface area contributed by atoms with Gasteiger partial charge < -0.3 is 10.7 Å². The van der Waals surface area contributed by atoms with Crippen LogP contribution in [0.15, 0.2) is 64.2 Å². The lowest BCUT2D eigenvalue weighted by Crippen LogP contribution is -2.40. The van der Waals surface area contributed by atoms with E-state index in [0.717, 1.165) is 23.0 Å². The Bertz CT molecular complexity index is 1320. The number of hydrogen-bond donors (Lipinski definition) is 2. The van der Waals surface area contributed by atoms with Gasteiger partial charge in [0.1, 0.15) is 17.2 Å². The van der Waals surface area contributed by atoms with Crippen LogP contribution in [0, 0.1) is 5.82 Å². The van der Waals surface area contributed by atoms with Crippen LogP contribution in [0.4, 0.5) is 4.39 Å². The second-order valence-corrected chi connectivity index (χ2v) is 7.48. The van der Waals surface area contributed by atoms with Crippen molar-refractivity contribution in [1.29, 1.82) is 0 Å². The summed E-state index contributed by atoms with van der Waals surface area (Å²) in [7, 11) is 0. The van der Waals surface area contributed by atoms with Crippen molar-refractivity contribution >= 4 is 11.2 Å². The van der Waals surface area contributed by atoms with Gasteiger partial charge in [-0.25, -0.2) is 14.2 Å². The second kappa shape index (κ2) is 8.69. The van der Waals surface area contributed by atoms with E-state index in [1.807, 2.05) is 37.3 Å². The molecule has 0 spiro atoms. The SMILES string of the molecule is CCCCn1c(=O)n(Cc2ccccc2F)c(=O)c2[nH]c(C(N)c3ccccc3)nc21. The molecule has 0 bridgehead atoms. The molecule has 0 aliphatic carbocycles. The molecule has 0 fully saturated rings. The lowest BCUT2D eigenvalue weighted by molar-refractivity contribution is 0.552. The highest BCUT2D eigenvalue weighted by Gasteiger charge is 2.21. The predicted octanol–water partition coefficient (Wildman–Crippen LogP) is 2.92. The van der Waals surface area contributed by atoms with Crippen LogP contribution in [-0.2, 0) is 13.1 Å². The Hall–Kier alpha value is -3.52. The molecular formula is C23H24FN5O2. The van der Waals surface area contributed by atoms with Gasteiger partial charge in [-0.1, -0.05) is 61.9 Å². The lowest BCUT2D eigenvalue weighted by atomic mass is 10.1. The second-order valence-electron chi connectivity index (χ2n) is 7.48. The van der Waals surface area contributed by atoms with Gasteiger partial charge in [0, 0.05) is 12.1 Å². The van der Waals surface area contributed by atoms with E-state index in [1.54, 1.807) is 18.2 Å². The molecule has 0 radical (unpaired) electrons. The fourth-order valence-electron chi connectivity index (χ4n) is 3.60. The van der Waals surface area contributed by atoms with Crippen molar-refractivity contribution in [2.75, 3.05) is 0 Å². The predicted molar refractivity (Wildman–Crippen MR) is 117 cm³/mol. The van der Waals surface area contributed by atoms with Gasteiger partial charge in [0.2, 0.25) is 0 Å². The number of unbranched alkanes of at least 4 members (excludes halogenated alkanes) is 1. The largest absolute Gasteiger partial charge is 0.334 e. The quantitative estimate of drug-likeness (QED) is 0.479. The zero-order valence-corrected chi connectivity index (χ0v) is 17.2. The summed E-state index contributed by atoms with van der Waals surface area (Å²) in [5, 5.41) is 0. The van der Waals surface area contributed by atoms with Crippen molar-refractivity contribution in [1.82, 2.24) is 19.1 Å². The number of H-pyrrole nitrogens is 1. The molecule has 4 aromatic rings. The number of halogens is 1. The van der Waals surface area contributed by atoms with Crippen molar-refractivity contribution in [2.45, 2.75) is 38.9 Å². The standard InChI is InChI=1S/C23H24FN5O2/c1-2-3-13-28-21-19(26-20(27-21)18(25)15-9-5-4-6-10-15)22(30)29(23(28)31)14-16-11-7-8-12-17(16)24/h4-12,18H,2-3,13-14,25H2,1H3,(H,26,27). The molecule has 2 aromatic heterocycles.